The molecule has 9 aromatic rings. The maximum absolute atomic E-state index is 14.2. The molecule has 646 valence electrons. The number of ether oxygens (including phenoxy) is 8. The number of hydrogen-bond acceptors (Lipinski definition) is 22. The molecule has 0 saturated carbocycles. The van der Waals surface area contributed by atoms with Crippen molar-refractivity contribution in [2.45, 2.75) is 154 Å². The first-order chi connectivity index (χ1) is 59.6. The number of aromatic nitrogens is 2. The van der Waals surface area contributed by atoms with Crippen LogP contribution in [0.4, 0.5) is 55.1 Å². The summed E-state index contributed by atoms with van der Waals surface area (Å²) in [4.78, 5) is 145. The first kappa shape index (κ1) is 88.3. The molecule has 5 aromatic carbocycles. The van der Waals surface area contributed by atoms with E-state index in [0.29, 0.717) is 160 Å². The topological polar surface area (TPSA) is 371 Å². The minimum atomic E-state index is -0.864. The molecule has 0 bridgehead atoms. The summed E-state index contributed by atoms with van der Waals surface area (Å²) in [5.74, 6) is -0.860. The first-order valence-corrected chi connectivity index (χ1v) is 42.8. The van der Waals surface area contributed by atoms with Crippen molar-refractivity contribution in [3.63, 3.8) is 0 Å². The van der Waals surface area contributed by atoms with Gasteiger partial charge in [0.1, 0.15) is 36.1 Å². The first-order valence-electron chi connectivity index (χ1n) is 41.1. The maximum atomic E-state index is 14.2. The Kier molecular flexibility index (Phi) is 29.7. The summed E-state index contributed by atoms with van der Waals surface area (Å²) in [6.07, 6.45) is 13.4. The van der Waals surface area contributed by atoms with Crippen LogP contribution >= 0.6 is 22.7 Å². The van der Waals surface area contributed by atoms with Crippen LogP contribution in [0.1, 0.15) is 165 Å². The fourth-order valence-electron chi connectivity index (χ4n) is 15.8. The number of fused-ring (bicyclic) bond motifs is 6. The van der Waals surface area contributed by atoms with Gasteiger partial charge in [-0.2, -0.15) is 9.59 Å². The number of anilines is 8. The number of nitrogen functional groups attached to an aromatic ring is 1. The van der Waals surface area contributed by atoms with Gasteiger partial charge in [-0.25, -0.2) is 19.4 Å². The third kappa shape index (κ3) is 21.7. The number of amides is 9. The van der Waals surface area contributed by atoms with Gasteiger partial charge in [0.2, 0.25) is 11.8 Å². The molecule has 9 amide bonds. The highest BCUT2D eigenvalue weighted by Crippen LogP contribution is 2.43. The smallest absolute Gasteiger partial charge is 0.416 e. The van der Waals surface area contributed by atoms with Gasteiger partial charge in [0, 0.05) is 110 Å². The molecule has 33 heteroatoms. The Morgan fingerprint density at radius 1 is 0.528 bits per heavy atom. The quantitative estimate of drug-likeness (QED) is 0.0167. The second kappa shape index (κ2) is 41.4. The lowest BCUT2D eigenvalue weighted by Crippen LogP contribution is -2.57. The summed E-state index contributed by atoms with van der Waals surface area (Å²) >= 11 is 2.99. The molecule has 6 aliphatic heterocycles. The van der Waals surface area contributed by atoms with E-state index < -0.39 is 49.3 Å². The van der Waals surface area contributed by atoms with Crippen LogP contribution in [0.5, 0.6) is 11.5 Å². The molecule has 31 nitrogen and oxygen atoms in total. The van der Waals surface area contributed by atoms with Crippen LogP contribution in [0.3, 0.4) is 0 Å². The molecular formula is C90H100N12O19S2. The Labute approximate surface area is 718 Å². The maximum Gasteiger partial charge on any atom is 0.416 e. The predicted molar refractivity (Wildman–Crippen MR) is 466 cm³/mol. The highest BCUT2D eigenvalue weighted by molar-refractivity contribution is 7.21. The van der Waals surface area contributed by atoms with Crippen LogP contribution in [-0.2, 0) is 61.7 Å². The fourth-order valence-corrected chi connectivity index (χ4v) is 17.5. The Morgan fingerprint density at radius 2 is 0.984 bits per heavy atom. The standard InChI is InChI=1S/C48H53N7O9S.C41H47N5O8S.CO2/c1-4-20-63-48(60)55-37-27-39(29(2)23-35(37)46(59)54-19-7-5-10-36(54)47(55)64-43-12-6-8-21-62-43)61-22-9-11-42(56)50-34-26-38(53(3)28-34)44(57)52-33-17-18-40-30(24-33)25-41(65-40)45(58)51-32-15-13-31(49)14-16-32;1-4-17-53-41(50)46-32-24-34(26(2)21-30(32)39(49)45-16-7-5-10-31(45)40(46)54-37-12-6-8-18-52-37)51-19-9-11-36(47)42-29-23-33(44(3)25-29)38(48)43-28-13-14-35-27(22-28)15-20-55-35;2-1-3/h4,13-18,23-28,36,43,47H,1,5-12,19-22,49H2,2-3H3,(H,50,56)(H,51,58)(H,52,57);4,13-15,20-25,31,37,40H,1,5-12,16-19H2,2-3H3,(H,42,47)(H,43,48);/t36-,43?,47?;31-,37?,40?;/m00./s1. The van der Waals surface area contributed by atoms with E-state index in [0.717, 1.165) is 71.5 Å². The molecule has 4 saturated heterocycles. The normalized spacial score (nSPS) is 18.5. The summed E-state index contributed by atoms with van der Waals surface area (Å²) in [7, 11) is 3.47. The van der Waals surface area contributed by atoms with E-state index in [1.165, 1.54) is 33.3 Å². The third-order valence-corrected chi connectivity index (χ3v) is 23.8. The van der Waals surface area contributed by atoms with Gasteiger partial charge >= 0.3 is 18.3 Å². The molecule has 6 aliphatic rings. The number of hydrogen-bond donors (Lipinski definition) is 6. The Balaban J connectivity index is 0.000000208. The van der Waals surface area contributed by atoms with Crippen molar-refractivity contribution in [1.29, 1.82) is 0 Å². The summed E-state index contributed by atoms with van der Waals surface area (Å²) in [6.45, 7) is 13.6. The lowest BCUT2D eigenvalue weighted by atomic mass is 10.00. The van der Waals surface area contributed by atoms with Gasteiger partial charge in [-0.1, -0.05) is 25.3 Å². The van der Waals surface area contributed by atoms with Crippen molar-refractivity contribution in [1.82, 2.24) is 18.9 Å². The summed E-state index contributed by atoms with van der Waals surface area (Å²) in [6, 6.07) is 31.2. The van der Waals surface area contributed by atoms with Crippen LogP contribution in [0.25, 0.3) is 20.2 Å². The number of aryl methyl sites for hydroxylation is 4. The zero-order valence-electron chi connectivity index (χ0n) is 69.0. The molecule has 15 rings (SSSR count). The summed E-state index contributed by atoms with van der Waals surface area (Å²) in [5, 5.41) is 18.3. The van der Waals surface area contributed by atoms with E-state index in [-0.39, 0.29) is 86.8 Å². The molecule has 0 spiro atoms. The molecule has 7 N–H and O–H groups in total. The molecule has 10 heterocycles. The van der Waals surface area contributed by atoms with Crippen molar-refractivity contribution in [3.05, 3.63) is 191 Å². The highest BCUT2D eigenvalue weighted by atomic mass is 32.1. The number of nitrogens with one attached hydrogen (secondary N) is 5. The van der Waals surface area contributed by atoms with Gasteiger partial charge in [0.25, 0.3) is 29.5 Å². The third-order valence-electron chi connectivity index (χ3n) is 21.8. The highest BCUT2D eigenvalue weighted by Gasteiger charge is 2.49. The van der Waals surface area contributed by atoms with Crippen LogP contribution in [0.2, 0.25) is 0 Å². The molecule has 4 unspecified atom stereocenters. The van der Waals surface area contributed by atoms with Gasteiger partial charge in [0.15, 0.2) is 25.0 Å². The Hall–Kier alpha value is -12.5. The van der Waals surface area contributed by atoms with Gasteiger partial charge in [-0.3, -0.25) is 33.6 Å². The second-order valence-electron chi connectivity index (χ2n) is 30.6. The lowest BCUT2D eigenvalue weighted by Gasteiger charge is -2.42. The zero-order valence-corrected chi connectivity index (χ0v) is 70.6. The number of rotatable bonds is 26. The number of carbonyl (C=O) groups excluding carboxylic acids is 11. The van der Waals surface area contributed by atoms with Crippen molar-refractivity contribution < 1.29 is 90.6 Å². The Bertz CT molecular complexity index is 5430. The number of benzene rings is 5. The minimum Gasteiger partial charge on any atom is -0.493 e. The molecule has 6 atom stereocenters. The van der Waals surface area contributed by atoms with Crippen LogP contribution in [-0.4, -0.2) is 168 Å². The summed E-state index contributed by atoms with van der Waals surface area (Å²) in [5.41, 5.74) is 12.7. The SMILES string of the molecule is C=CCOC(=O)N1c2cc(OCCCC(=O)Nc3cc(C(=O)Nc4ccc5sc(C(=O)Nc6ccc(N)cc6)cc5c4)n(C)c3)c(C)cc2C(=O)N2CCCC[C@H]2C1OC1CCCCO1.C=CCOC(=O)N1c2cc(OCCCC(=O)Nc3cc(C(=O)Nc4ccc5sccc5c4)n(C)c3)c(C)cc2C(=O)N2CCCC[C@H]2C1OC1CCCCO1.O=C=O. The molecule has 123 heavy (non-hydrogen) atoms. The van der Waals surface area contributed by atoms with E-state index in [2.05, 4.69) is 39.7 Å². The van der Waals surface area contributed by atoms with Crippen LogP contribution in [0.15, 0.2) is 152 Å². The number of carbonyl (C=O) groups is 9. The van der Waals surface area contributed by atoms with E-state index in [9.17, 15) is 43.2 Å². The van der Waals surface area contributed by atoms with Gasteiger partial charge in [-0.15, -0.1) is 22.7 Å². The molecule has 0 radical (unpaired) electrons. The Morgan fingerprint density at radius 3 is 1.46 bits per heavy atom. The average Bonchev–Trinajstić information content (AvgIpc) is 1.58. The van der Waals surface area contributed by atoms with Crippen molar-refractivity contribution >= 4 is 148 Å². The van der Waals surface area contributed by atoms with E-state index >= 15 is 0 Å². The summed E-state index contributed by atoms with van der Waals surface area (Å²) < 4.78 is 54.0. The number of nitrogens with two attached hydrogens (primary N) is 1. The molecule has 4 aromatic heterocycles. The van der Waals surface area contributed by atoms with Gasteiger partial charge in [-0.05, 0) is 228 Å². The molecule has 0 aliphatic carbocycles. The molecular weight excluding hydrogens is 1620 g/mol. The van der Waals surface area contributed by atoms with E-state index in [1.807, 2.05) is 59.4 Å². The predicted octanol–water partition coefficient (Wildman–Crippen LogP) is 15.5. The van der Waals surface area contributed by atoms with Crippen LogP contribution < -0.4 is 51.6 Å². The minimum absolute atomic E-state index is 0.0130. The van der Waals surface area contributed by atoms with E-state index in [1.54, 1.807) is 126 Å². The largest absolute Gasteiger partial charge is 0.493 e. The molecule has 4 fully saturated rings. The van der Waals surface area contributed by atoms with Crippen LogP contribution in [0, 0.1) is 13.8 Å². The zero-order chi connectivity index (χ0) is 86.8. The second-order valence-corrected chi connectivity index (χ2v) is 32.6. The number of thiophene rings is 2. The van der Waals surface area contributed by atoms with Crippen molar-refractivity contribution in [2.24, 2.45) is 14.1 Å². The monoisotopic (exact) mass is 1720 g/mol. The average molecular weight is 1720 g/mol. The number of piperidine rings is 2. The van der Waals surface area contributed by atoms with E-state index in [4.69, 9.17) is 53.2 Å². The lowest BCUT2D eigenvalue weighted by molar-refractivity contribution is -0.199. The van der Waals surface area contributed by atoms with Crippen molar-refractivity contribution in [3.8, 4) is 11.5 Å². The number of nitrogens with zero attached hydrogens (tertiary/aromatic N) is 6. The van der Waals surface area contributed by atoms with Gasteiger partial charge < -0.3 is 89.1 Å². The fraction of sp³-hybridized carbons (Fsp3) is 0.378. The van der Waals surface area contributed by atoms with Crippen molar-refractivity contribution in [2.75, 3.05) is 94.8 Å². The van der Waals surface area contributed by atoms with Gasteiger partial charge in [0.05, 0.1) is 64.1 Å².